The van der Waals surface area contributed by atoms with Crippen LogP contribution >= 0.6 is 0 Å². The van der Waals surface area contributed by atoms with E-state index < -0.39 is 0 Å². The molecule has 0 heterocycles. The van der Waals surface area contributed by atoms with Gasteiger partial charge in [-0.3, -0.25) is 0 Å². The molecule has 0 aromatic carbocycles. The van der Waals surface area contributed by atoms with Crippen molar-refractivity contribution < 1.29 is 10.2 Å². The second kappa shape index (κ2) is 3.09. The van der Waals surface area contributed by atoms with Crippen LogP contribution in [0.3, 0.4) is 0 Å². The van der Waals surface area contributed by atoms with Crippen LogP contribution in [0, 0.1) is 11.3 Å². The van der Waals surface area contributed by atoms with Crippen LogP contribution in [0.5, 0.6) is 0 Å². The van der Waals surface area contributed by atoms with Gasteiger partial charge in [-0.25, -0.2) is 0 Å². The Labute approximate surface area is 73.9 Å². The molecular weight excluding hydrogens is 152 g/mol. The summed E-state index contributed by atoms with van der Waals surface area (Å²) in [5, 5.41) is 18.5. The molecule has 2 N–H and O–H groups in total. The molecule has 1 fully saturated rings. The first kappa shape index (κ1) is 9.59. The third kappa shape index (κ3) is 1.24. The van der Waals surface area contributed by atoms with Crippen molar-refractivity contribution in [3.63, 3.8) is 0 Å². The van der Waals surface area contributed by atoms with Crippen molar-refractivity contribution in [2.24, 2.45) is 11.3 Å². The average Bonchev–Trinajstić information content (AvgIpc) is 2.03. The van der Waals surface area contributed by atoms with Crippen molar-refractivity contribution in [3.8, 4) is 0 Å². The minimum Gasteiger partial charge on any atom is -0.512 e. The molecule has 1 aliphatic rings. The first-order valence-electron chi connectivity index (χ1n) is 4.56. The van der Waals surface area contributed by atoms with E-state index in [9.17, 15) is 5.11 Å². The van der Waals surface area contributed by atoms with Crippen LogP contribution in [0.25, 0.3) is 0 Å². The van der Waals surface area contributed by atoms with Gasteiger partial charge in [0.25, 0.3) is 0 Å². The molecule has 0 bridgehead atoms. The number of allylic oxidation sites excluding steroid dienone is 2. The van der Waals surface area contributed by atoms with E-state index >= 15 is 0 Å². The number of rotatable bonds is 2. The highest BCUT2D eigenvalue weighted by Crippen LogP contribution is 2.51. The fourth-order valence-corrected chi connectivity index (χ4v) is 1.88. The Morgan fingerprint density at radius 1 is 1.58 bits per heavy atom. The maximum absolute atomic E-state index is 9.52. The van der Waals surface area contributed by atoms with Gasteiger partial charge in [-0.15, -0.1) is 0 Å². The van der Waals surface area contributed by atoms with Crippen LogP contribution in [-0.4, -0.2) is 16.8 Å². The Bertz CT molecular complexity index is 204. The molecule has 0 aromatic heterocycles. The molecule has 0 aromatic rings. The van der Waals surface area contributed by atoms with E-state index in [-0.39, 0.29) is 12.0 Å². The largest absolute Gasteiger partial charge is 0.512 e. The van der Waals surface area contributed by atoms with Crippen molar-refractivity contribution in [2.45, 2.75) is 33.6 Å². The topological polar surface area (TPSA) is 40.5 Å². The van der Waals surface area contributed by atoms with Crippen molar-refractivity contribution in [2.75, 3.05) is 6.61 Å². The Balaban J connectivity index is 2.77. The Hall–Kier alpha value is -0.500. The molecule has 12 heavy (non-hydrogen) atoms. The number of hydrogen-bond acceptors (Lipinski definition) is 2. The Kier molecular flexibility index (Phi) is 2.47. The smallest absolute Gasteiger partial charge is 0.0917 e. The second-order valence-corrected chi connectivity index (χ2v) is 4.08. The second-order valence-electron chi connectivity index (χ2n) is 4.08. The van der Waals surface area contributed by atoms with Gasteiger partial charge in [0.1, 0.15) is 0 Å². The van der Waals surface area contributed by atoms with Gasteiger partial charge in [0, 0.05) is 13.0 Å². The lowest BCUT2D eigenvalue weighted by molar-refractivity contribution is 0.0766. The molecule has 1 saturated carbocycles. The molecule has 2 heteroatoms. The van der Waals surface area contributed by atoms with Crippen LogP contribution in [0.15, 0.2) is 11.3 Å². The van der Waals surface area contributed by atoms with Crippen LogP contribution < -0.4 is 0 Å². The summed E-state index contributed by atoms with van der Waals surface area (Å²) in [5.41, 5.74) is 1.14. The highest BCUT2D eigenvalue weighted by molar-refractivity contribution is 5.26. The van der Waals surface area contributed by atoms with Gasteiger partial charge in [0.15, 0.2) is 0 Å². The van der Waals surface area contributed by atoms with E-state index in [1.54, 1.807) is 0 Å². The molecule has 70 valence electrons. The van der Waals surface area contributed by atoms with E-state index in [0.29, 0.717) is 18.1 Å². The molecule has 1 atom stereocenters. The minimum atomic E-state index is 0.00877. The monoisotopic (exact) mass is 170 g/mol. The fourth-order valence-electron chi connectivity index (χ4n) is 1.88. The normalized spacial score (nSPS) is 31.2. The van der Waals surface area contributed by atoms with Gasteiger partial charge in [-0.1, -0.05) is 20.8 Å². The van der Waals surface area contributed by atoms with Crippen LogP contribution in [-0.2, 0) is 0 Å². The highest BCUT2D eigenvalue weighted by Gasteiger charge is 2.44. The van der Waals surface area contributed by atoms with Crippen LogP contribution in [0.2, 0.25) is 0 Å². The van der Waals surface area contributed by atoms with Gasteiger partial charge in [-0.2, -0.15) is 0 Å². The minimum absolute atomic E-state index is 0.00877. The summed E-state index contributed by atoms with van der Waals surface area (Å²) in [5.74, 6) is 0.853. The lowest BCUT2D eigenvalue weighted by atomic mass is 9.58. The average molecular weight is 170 g/mol. The molecule has 0 radical (unpaired) electrons. The van der Waals surface area contributed by atoms with E-state index in [2.05, 4.69) is 13.8 Å². The zero-order valence-electron chi connectivity index (χ0n) is 8.09. The predicted octanol–water partition coefficient (Wildman–Crippen LogP) is 2.25. The quantitative estimate of drug-likeness (QED) is 0.624. The number of aliphatic hydroxyl groups excluding tert-OH is 2. The maximum atomic E-state index is 9.52. The summed E-state index contributed by atoms with van der Waals surface area (Å²) >= 11 is 0. The maximum Gasteiger partial charge on any atom is 0.0917 e. The van der Waals surface area contributed by atoms with Crippen molar-refractivity contribution in [1.82, 2.24) is 0 Å². The van der Waals surface area contributed by atoms with E-state index in [1.165, 1.54) is 0 Å². The standard InChI is InChI=1S/C10H18O2/c1-4-9(12)8-5-7(6-11)10(8,2)3/h7,11-12H,4-6H2,1-3H3. The fraction of sp³-hybridized carbons (Fsp3) is 0.800. The predicted molar refractivity (Wildman–Crippen MR) is 48.9 cm³/mol. The van der Waals surface area contributed by atoms with Crippen molar-refractivity contribution >= 4 is 0 Å². The van der Waals surface area contributed by atoms with Gasteiger partial charge in [0.2, 0.25) is 0 Å². The van der Waals surface area contributed by atoms with Crippen LogP contribution in [0.1, 0.15) is 33.6 Å². The molecule has 0 saturated heterocycles. The summed E-state index contributed by atoms with van der Waals surface area (Å²) in [6.45, 7) is 6.34. The summed E-state index contributed by atoms with van der Waals surface area (Å²) in [6, 6.07) is 0. The van der Waals surface area contributed by atoms with Gasteiger partial charge in [0.05, 0.1) is 5.76 Å². The zero-order chi connectivity index (χ0) is 9.35. The van der Waals surface area contributed by atoms with Crippen molar-refractivity contribution in [1.29, 1.82) is 0 Å². The molecular formula is C10H18O2. The number of hydrogen-bond donors (Lipinski definition) is 2. The molecule has 1 unspecified atom stereocenters. The van der Waals surface area contributed by atoms with Gasteiger partial charge >= 0.3 is 0 Å². The summed E-state index contributed by atoms with van der Waals surface area (Å²) in [7, 11) is 0. The summed E-state index contributed by atoms with van der Waals surface area (Å²) < 4.78 is 0. The first-order valence-corrected chi connectivity index (χ1v) is 4.56. The molecule has 0 aliphatic heterocycles. The Morgan fingerprint density at radius 2 is 2.17 bits per heavy atom. The highest BCUT2D eigenvalue weighted by atomic mass is 16.3. The molecule has 2 nitrogen and oxygen atoms in total. The van der Waals surface area contributed by atoms with Crippen molar-refractivity contribution in [3.05, 3.63) is 11.3 Å². The zero-order valence-corrected chi connectivity index (χ0v) is 8.09. The molecule has 1 aliphatic carbocycles. The number of aliphatic hydroxyl groups is 2. The Morgan fingerprint density at radius 3 is 2.50 bits per heavy atom. The summed E-state index contributed by atoms with van der Waals surface area (Å²) in [4.78, 5) is 0. The van der Waals surface area contributed by atoms with Crippen LogP contribution in [0.4, 0.5) is 0 Å². The summed E-state index contributed by atoms with van der Waals surface area (Å²) in [6.07, 6.45) is 1.57. The SMILES string of the molecule is CCC(O)=C1CC(CO)C1(C)C. The first-order chi connectivity index (χ1) is 5.54. The van der Waals surface area contributed by atoms with Gasteiger partial charge in [-0.05, 0) is 23.3 Å². The molecule has 0 amide bonds. The van der Waals surface area contributed by atoms with E-state index in [4.69, 9.17) is 5.11 Å². The molecule has 1 rings (SSSR count). The van der Waals surface area contributed by atoms with Gasteiger partial charge < -0.3 is 10.2 Å². The van der Waals surface area contributed by atoms with E-state index in [1.807, 2.05) is 6.92 Å². The third-order valence-corrected chi connectivity index (χ3v) is 3.15. The third-order valence-electron chi connectivity index (χ3n) is 3.15. The molecule has 0 spiro atoms. The van der Waals surface area contributed by atoms with E-state index in [0.717, 1.165) is 12.0 Å². The lowest BCUT2D eigenvalue weighted by Gasteiger charge is -2.47. The lowest BCUT2D eigenvalue weighted by Crippen LogP contribution is -2.40.